The predicted octanol–water partition coefficient (Wildman–Crippen LogP) is 2.81. The Morgan fingerprint density at radius 3 is 2.66 bits per heavy atom. The van der Waals surface area contributed by atoms with Gasteiger partial charge in [-0.15, -0.1) is 0 Å². The van der Waals surface area contributed by atoms with Crippen LogP contribution < -0.4 is 5.56 Å². The number of hydrogen-bond acceptors (Lipinski definition) is 5. The van der Waals surface area contributed by atoms with Gasteiger partial charge in [-0.3, -0.25) is 4.79 Å². The summed E-state index contributed by atoms with van der Waals surface area (Å²) in [6.45, 7) is 2.12. The molecule has 0 aliphatic carbocycles. The number of nitrogens with zero attached hydrogens (tertiary/aromatic N) is 3. The van der Waals surface area contributed by atoms with Gasteiger partial charge in [-0.1, -0.05) is 30.3 Å². The van der Waals surface area contributed by atoms with E-state index in [1.807, 2.05) is 0 Å². The molecule has 0 saturated carbocycles. The van der Waals surface area contributed by atoms with Crippen molar-refractivity contribution < 1.29 is 22.6 Å². The van der Waals surface area contributed by atoms with Crippen LogP contribution in [0.3, 0.4) is 0 Å². The molecule has 0 saturated heterocycles. The Morgan fingerprint density at radius 1 is 1.28 bits per heavy atom. The third-order valence-electron chi connectivity index (χ3n) is 4.59. The second-order valence-corrected chi connectivity index (χ2v) is 6.63. The molecule has 2 aromatic heterocycles. The maximum Gasteiger partial charge on any atom is 0.435 e. The summed E-state index contributed by atoms with van der Waals surface area (Å²) in [6, 6.07) is 7.72. The van der Waals surface area contributed by atoms with Crippen molar-refractivity contribution in [3.63, 3.8) is 0 Å². The summed E-state index contributed by atoms with van der Waals surface area (Å²) >= 11 is 0. The van der Waals surface area contributed by atoms with Crippen LogP contribution in [0.4, 0.5) is 13.2 Å². The molecule has 4 rings (SSSR count). The van der Waals surface area contributed by atoms with Crippen LogP contribution in [0.5, 0.6) is 0 Å². The second-order valence-electron chi connectivity index (χ2n) is 6.63. The molecule has 1 aliphatic rings. The van der Waals surface area contributed by atoms with Crippen molar-refractivity contribution in [2.24, 2.45) is 4.99 Å². The van der Waals surface area contributed by atoms with Crippen LogP contribution in [0.2, 0.25) is 0 Å². The maximum absolute atomic E-state index is 13.7. The highest BCUT2D eigenvalue weighted by Gasteiger charge is 2.39. The highest BCUT2D eigenvalue weighted by atomic mass is 19.4. The highest BCUT2D eigenvalue weighted by molar-refractivity contribution is 5.96. The molecule has 0 fully saturated rings. The monoisotopic (exact) mass is 406 g/mol. The van der Waals surface area contributed by atoms with E-state index in [0.29, 0.717) is 17.9 Å². The van der Waals surface area contributed by atoms with Crippen LogP contribution in [-0.4, -0.2) is 46.9 Å². The van der Waals surface area contributed by atoms with E-state index in [9.17, 15) is 18.0 Å². The highest BCUT2D eigenvalue weighted by Crippen LogP contribution is 2.38. The van der Waals surface area contributed by atoms with Crippen molar-refractivity contribution in [2.75, 3.05) is 20.3 Å². The number of hydrogen-bond donors (Lipinski definition) is 1. The molecule has 1 N–H and O–H groups in total. The summed E-state index contributed by atoms with van der Waals surface area (Å²) in [5.74, 6) is 0.0676. The van der Waals surface area contributed by atoms with E-state index in [4.69, 9.17) is 9.47 Å². The molecule has 0 spiro atoms. The van der Waals surface area contributed by atoms with E-state index in [-0.39, 0.29) is 35.3 Å². The molecular weight excluding hydrogens is 389 g/mol. The maximum atomic E-state index is 13.7. The lowest BCUT2D eigenvalue weighted by atomic mass is 10.1. The van der Waals surface area contributed by atoms with E-state index >= 15 is 0 Å². The van der Waals surface area contributed by atoms with Gasteiger partial charge in [0.25, 0.3) is 5.56 Å². The molecule has 3 aromatic rings. The molecule has 1 atom stereocenters. The van der Waals surface area contributed by atoms with Gasteiger partial charge in [0.15, 0.2) is 5.69 Å². The van der Waals surface area contributed by atoms with Crippen LogP contribution >= 0.6 is 0 Å². The summed E-state index contributed by atoms with van der Waals surface area (Å²) in [5, 5.41) is 3.60. The minimum atomic E-state index is -4.74. The van der Waals surface area contributed by atoms with E-state index in [0.717, 1.165) is 4.52 Å². The number of aliphatic imine (C=N–C) groups is 1. The molecule has 152 valence electrons. The van der Waals surface area contributed by atoms with E-state index < -0.39 is 17.4 Å². The number of nitrogens with one attached hydrogen (secondary N) is 1. The molecule has 29 heavy (non-hydrogen) atoms. The molecule has 1 unspecified atom stereocenters. The molecule has 1 aromatic carbocycles. The number of aryl methyl sites for hydroxylation is 1. The van der Waals surface area contributed by atoms with Gasteiger partial charge in [0.1, 0.15) is 23.9 Å². The van der Waals surface area contributed by atoms with Crippen LogP contribution in [0, 0.1) is 6.92 Å². The molecule has 0 bridgehead atoms. The van der Waals surface area contributed by atoms with Crippen molar-refractivity contribution in [2.45, 2.75) is 19.1 Å². The Kier molecular flexibility index (Phi) is 4.65. The molecule has 0 radical (unpaired) electrons. The smallest absolute Gasteiger partial charge is 0.435 e. The van der Waals surface area contributed by atoms with Crippen molar-refractivity contribution in [1.29, 1.82) is 0 Å². The normalized spacial score (nSPS) is 16.9. The Bertz CT molecular complexity index is 1150. The zero-order valence-corrected chi connectivity index (χ0v) is 15.6. The lowest BCUT2D eigenvalue weighted by molar-refractivity contribution is -0.140. The number of ether oxygens (including phenoxy) is 2. The third-order valence-corrected chi connectivity index (χ3v) is 4.59. The second kappa shape index (κ2) is 7.03. The summed E-state index contributed by atoms with van der Waals surface area (Å²) in [4.78, 5) is 20.2. The zero-order valence-electron chi connectivity index (χ0n) is 15.6. The quantitative estimate of drug-likeness (QED) is 0.723. The summed E-state index contributed by atoms with van der Waals surface area (Å²) in [6.07, 6.45) is -4.74. The summed E-state index contributed by atoms with van der Waals surface area (Å²) in [5.41, 5.74) is -1.41. The van der Waals surface area contributed by atoms with Gasteiger partial charge in [-0.05, 0) is 12.5 Å². The fraction of sp³-hybridized carbons (Fsp3) is 0.316. The number of benzene rings is 1. The Morgan fingerprint density at radius 2 is 2.00 bits per heavy atom. The molecule has 1 aliphatic heterocycles. The first-order valence-electron chi connectivity index (χ1n) is 8.79. The van der Waals surface area contributed by atoms with Crippen LogP contribution in [0.15, 0.2) is 40.1 Å². The van der Waals surface area contributed by atoms with Crippen LogP contribution in [-0.2, 0) is 15.7 Å². The molecule has 7 nitrogen and oxygen atoms in total. The molecule has 3 heterocycles. The summed E-state index contributed by atoms with van der Waals surface area (Å²) < 4.78 is 52.3. The first-order chi connectivity index (χ1) is 13.8. The Hall–Kier alpha value is -3.14. The zero-order chi connectivity index (χ0) is 20.8. The number of halogens is 3. The fourth-order valence-electron chi connectivity index (χ4n) is 3.35. The SMILES string of the molecule is COCC1COC(c2c(C)[nH]c3c(-c4ccccc4)c(C(F)(F)F)nn3c2=O)=N1. The third kappa shape index (κ3) is 3.29. The number of alkyl halides is 3. The van der Waals surface area contributed by atoms with Gasteiger partial charge in [-0.25, -0.2) is 4.99 Å². The molecule has 0 amide bonds. The number of H-pyrrole nitrogens is 1. The molecular formula is C19H17F3N4O3. The van der Waals surface area contributed by atoms with E-state index in [2.05, 4.69) is 15.1 Å². The number of aromatic nitrogens is 3. The minimum Gasteiger partial charge on any atom is -0.475 e. The average Bonchev–Trinajstić information content (AvgIpc) is 3.27. The predicted molar refractivity (Wildman–Crippen MR) is 99.1 cm³/mol. The minimum absolute atomic E-state index is 0.0400. The van der Waals surface area contributed by atoms with Gasteiger partial charge < -0.3 is 14.5 Å². The topological polar surface area (TPSA) is 81.0 Å². The Balaban J connectivity index is 1.97. The Labute approximate surface area is 162 Å². The van der Waals surface area contributed by atoms with Crippen molar-refractivity contribution in [3.8, 4) is 11.1 Å². The first-order valence-corrected chi connectivity index (χ1v) is 8.79. The average molecular weight is 406 g/mol. The van der Waals surface area contributed by atoms with E-state index in [1.165, 1.54) is 19.2 Å². The fourth-order valence-corrected chi connectivity index (χ4v) is 3.35. The largest absolute Gasteiger partial charge is 0.475 e. The van der Waals surface area contributed by atoms with Gasteiger partial charge in [-0.2, -0.15) is 22.8 Å². The number of methoxy groups -OCH3 is 1. The van der Waals surface area contributed by atoms with E-state index in [1.54, 1.807) is 25.1 Å². The lowest BCUT2D eigenvalue weighted by Crippen LogP contribution is -2.26. The standard InChI is InChI=1S/C19H17F3N4O3/c1-10-13(17-24-12(8-28-2)9-29-17)18(27)26-16(23-10)14(11-6-4-3-5-7-11)15(25-26)19(20,21)22/h3-7,12,23H,8-9H2,1-2H3. The number of rotatable bonds is 4. The van der Waals surface area contributed by atoms with Crippen molar-refractivity contribution >= 4 is 11.5 Å². The van der Waals surface area contributed by atoms with Gasteiger partial charge in [0.2, 0.25) is 5.90 Å². The van der Waals surface area contributed by atoms with Crippen molar-refractivity contribution in [1.82, 2.24) is 14.6 Å². The number of aromatic amines is 1. The van der Waals surface area contributed by atoms with Crippen LogP contribution in [0.1, 0.15) is 17.0 Å². The molecule has 10 heteroatoms. The summed E-state index contributed by atoms with van der Waals surface area (Å²) in [7, 11) is 1.52. The van der Waals surface area contributed by atoms with Gasteiger partial charge >= 0.3 is 6.18 Å². The van der Waals surface area contributed by atoms with Crippen LogP contribution in [0.25, 0.3) is 16.8 Å². The lowest BCUT2D eigenvalue weighted by Gasteiger charge is -2.08. The van der Waals surface area contributed by atoms with Crippen molar-refractivity contribution in [3.05, 3.63) is 57.6 Å². The first kappa shape index (κ1) is 19.2. The van der Waals surface area contributed by atoms with Gasteiger partial charge in [0, 0.05) is 12.8 Å². The number of fused-ring (bicyclic) bond motifs is 1. The van der Waals surface area contributed by atoms with Gasteiger partial charge in [0.05, 0.1) is 12.2 Å².